The second-order valence-electron chi connectivity index (χ2n) is 4.62. The number of halogens is 4. The Morgan fingerprint density at radius 2 is 2.05 bits per heavy atom. The summed E-state index contributed by atoms with van der Waals surface area (Å²) in [5.41, 5.74) is 2.65. The summed E-state index contributed by atoms with van der Waals surface area (Å²) in [6.45, 7) is 1.91. The van der Waals surface area contributed by atoms with Crippen molar-refractivity contribution in [3.05, 3.63) is 22.7 Å². The first-order valence-electron chi connectivity index (χ1n) is 6.24. The molecule has 0 radical (unpaired) electrons. The van der Waals surface area contributed by atoms with Crippen LogP contribution < -0.4 is 11.1 Å². The normalized spacial score (nSPS) is 13.3. The molecule has 0 spiro atoms. The van der Waals surface area contributed by atoms with Crippen LogP contribution in [-0.4, -0.2) is 18.6 Å². The van der Waals surface area contributed by atoms with Gasteiger partial charge in [-0.2, -0.15) is 13.2 Å². The van der Waals surface area contributed by atoms with Crippen LogP contribution in [0, 0.1) is 0 Å². The number of anilines is 1. The number of hydrogen-bond acceptors (Lipinski definition) is 3. The van der Waals surface area contributed by atoms with Crippen LogP contribution in [0.4, 0.5) is 18.9 Å². The summed E-state index contributed by atoms with van der Waals surface area (Å²) in [4.78, 5) is 0.0295. The molecule has 0 saturated heterocycles. The minimum atomic E-state index is -4.35. The average Bonchev–Trinajstić information content (AvgIpc) is 2.30. The molecule has 0 amide bonds. The summed E-state index contributed by atoms with van der Waals surface area (Å²) < 4.78 is 37.5. The number of aryl methyl sites for hydroxylation is 1. The van der Waals surface area contributed by atoms with Crippen molar-refractivity contribution in [3.8, 4) is 0 Å². The first-order chi connectivity index (χ1) is 9.23. The lowest BCUT2D eigenvalue weighted by Crippen LogP contribution is -2.14. The van der Waals surface area contributed by atoms with Crippen LogP contribution in [-0.2, 0) is 6.42 Å². The molecule has 0 aromatic heterocycles. The van der Waals surface area contributed by atoms with E-state index in [0.717, 1.165) is 18.4 Å². The van der Waals surface area contributed by atoms with Gasteiger partial charge >= 0.3 is 5.51 Å². The van der Waals surface area contributed by atoms with E-state index in [0.29, 0.717) is 12.1 Å². The molecule has 1 rings (SSSR count). The topological polar surface area (TPSA) is 38.0 Å². The van der Waals surface area contributed by atoms with E-state index in [1.165, 1.54) is 6.07 Å². The van der Waals surface area contributed by atoms with E-state index >= 15 is 0 Å². The molecule has 2 nitrogen and oxygen atoms in total. The van der Waals surface area contributed by atoms with Crippen molar-refractivity contribution in [2.45, 2.75) is 42.6 Å². The number of thioether (sulfide) groups is 1. The van der Waals surface area contributed by atoms with Gasteiger partial charge < -0.3 is 11.1 Å². The fraction of sp³-hybridized carbons (Fsp3) is 0.538. The smallest absolute Gasteiger partial charge is 0.387 e. The summed E-state index contributed by atoms with van der Waals surface area (Å²) in [5, 5.41) is 2.93. The Morgan fingerprint density at radius 3 is 2.55 bits per heavy atom. The van der Waals surface area contributed by atoms with Crippen molar-refractivity contribution in [2.75, 3.05) is 12.4 Å². The van der Waals surface area contributed by atoms with Crippen LogP contribution >= 0.6 is 23.4 Å². The fourth-order valence-electron chi connectivity index (χ4n) is 1.81. The number of alkyl halides is 3. The van der Waals surface area contributed by atoms with E-state index in [1.807, 2.05) is 6.92 Å². The van der Waals surface area contributed by atoms with Gasteiger partial charge in [0.25, 0.3) is 0 Å². The molecular weight excluding hydrogens is 309 g/mol. The van der Waals surface area contributed by atoms with E-state index in [4.69, 9.17) is 17.3 Å². The van der Waals surface area contributed by atoms with Crippen LogP contribution in [0.3, 0.4) is 0 Å². The number of nitrogens with two attached hydrogens (primary N) is 1. The maximum absolute atomic E-state index is 12.5. The largest absolute Gasteiger partial charge is 0.446 e. The Hall–Kier alpha value is -0.590. The SMILES string of the molecule is CNc1cc(CCC[C@H](C)N)cc(SC(F)(F)F)c1Cl. The molecule has 1 atom stereocenters. The highest BCUT2D eigenvalue weighted by atomic mass is 35.5. The Labute approximate surface area is 126 Å². The molecule has 20 heavy (non-hydrogen) atoms. The van der Waals surface area contributed by atoms with Gasteiger partial charge in [0, 0.05) is 18.0 Å². The Morgan fingerprint density at radius 1 is 1.40 bits per heavy atom. The third-order valence-corrected chi connectivity index (χ3v) is 4.01. The molecule has 0 fully saturated rings. The zero-order valence-corrected chi connectivity index (χ0v) is 12.9. The van der Waals surface area contributed by atoms with Crippen molar-refractivity contribution >= 4 is 29.1 Å². The van der Waals surface area contributed by atoms with Crippen LogP contribution in [0.15, 0.2) is 17.0 Å². The highest BCUT2D eigenvalue weighted by molar-refractivity contribution is 8.00. The maximum atomic E-state index is 12.5. The fourth-order valence-corrected chi connectivity index (χ4v) is 2.79. The van der Waals surface area contributed by atoms with Gasteiger partial charge in [0.2, 0.25) is 0 Å². The number of benzene rings is 1. The molecule has 0 unspecified atom stereocenters. The molecule has 7 heteroatoms. The molecule has 1 aromatic carbocycles. The third kappa shape index (κ3) is 5.81. The predicted octanol–water partition coefficient (Wildman–Crippen LogP) is 4.66. The minimum absolute atomic E-state index is 0.0295. The van der Waals surface area contributed by atoms with Crippen LogP contribution in [0.2, 0.25) is 5.02 Å². The standard InChI is InChI=1S/C13H18ClF3N2S/c1-8(18)4-3-5-9-6-10(19-2)12(14)11(7-9)20-13(15,16)17/h6-8,19H,3-5,18H2,1-2H3/t8-/m0/s1. The highest BCUT2D eigenvalue weighted by Gasteiger charge is 2.31. The van der Waals surface area contributed by atoms with E-state index in [2.05, 4.69) is 5.32 Å². The molecule has 3 N–H and O–H groups in total. The van der Waals surface area contributed by atoms with Crippen molar-refractivity contribution in [1.82, 2.24) is 0 Å². The van der Waals surface area contributed by atoms with Gasteiger partial charge in [0.05, 0.1) is 10.7 Å². The molecular formula is C13H18ClF3N2S. The molecule has 0 saturated carbocycles. The van der Waals surface area contributed by atoms with Gasteiger partial charge in [-0.3, -0.25) is 0 Å². The minimum Gasteiger partial charge on any atom is -0.387 e. The summed E-state index contributed by atoms with van der Waals surface area (Å²) in [6.07, 6.45) is 2.34. The molecule has 0 aliphatic carbocycles. The number of nitrogens with one attached hydrogen (secondary N) is 1. The zero-order chi connectivity index (χ0) is 15.3. The summed E-state index contributed by atoms with van der Waals surface area (Å²) in [6, 6.07) is 3.38. The lowest BCUT2D eigenvalue weighted by Gasteiger charge is -2.14. The Bertz CT molecular complexity index is 450. The van der Waals surface area contributed by atoms with Gasteiger partial charge in [-0.1, -0.05) is 11.6 Å². The average molecular weight is 327 g/mol. The van der Waals surface area contributed by atoms with E-state index < -0.39 is 5.51 Å². The van der Waals surface area contributed by atoms with Crippen LogP contribution in [0.25, 0.3) is 0 Å². The first-order valence-corrected chi connectivity index (χ1v) is 7.44. The zero-order valence-electron chi connectivity index (χ0n) is 11.4. The molecule has 0 aliphatic heterocycles. The Balaban J connectivity index is 2.93. The third-order valence-electron chi connectivity index (χ3n) is 2.72. The molecule has 1 aromatic rings. The summed E-state index contributed by atoms with van der Waals surface area (Å²) >= 11 is 5.78. The van der Waals surface area contributed by atoms with Crippen molar-refractivity contribution in [2.24, 2.45) is 5.73 Å². The van der Waals surface area contributed by atoms with Crippen molar-refractivity contribution < 1.29 is 13.2 Å². The lowest BCUT2D eigenvalue weighted by atomic mass is 10.1. The second kappa shape index (κ2) is 7.43. The molecule has 0 aliphatic rings. The van der Waals surface area contributed by atoms with Crippen molar-refractivity contribution in [3.63, 3.8) is 0 Å². The monoisotopic (exact) mass is 326 g/mol. The van der Waals surface area contributed by atoms with Gasteiger partial charge in [-0.15, -0.1) is 0 Å². The number of hydrogen-bond donors (Lipinski definition) is 2. The van der Waals surface area contributed by atoms with Gasteiger partial charge in [0.15, 0.2) is 0 Å². The molecule has 0 heterocycles. The van der Waals surface area contributed by atoms with Gasteiger partial charge in [-0.05, 0) is 55.6 Å². The highest BCUT2D eigenvalue weighted by Crippen LogP contribution is 2.43. The van der Waals surface area contributed by atoms with E-state index in [9.17, 15) is 13.2 Å². The summed E-state index contributed by atoms with van der Waals surface area (Å²) in [7, 11) is 1.63. The predicted molar refractivity (Wildman–Crippen MR) is 79.5 cm³/mol. The molecule has 0 bridgehead atoms. The number of rotatable bonds is 6. The lowest BCUT2D eigenvalue weighted by molar-refractivity contribution is -0.0328. The van der Waals surface area contributed by atoms with E-state index in [-0.39, 0.29) is 27.7 Å². The first kappa shape index (κ1) is 17.5. The van der Waals surface area contributed by atoms with Crippen LogP contribution in [0.5, 0.6) is 0 Å². The van der Waals surface area contributed by atoms with Gasteiger partial charge in [-0.25, -0.2) is 0 Å². The summed E-state index contributed by atoms with van der Waals surface area (Å²) in [5.74, 6) is 0. The second-order valence-corrected chi connectivity index (χ2v) is 6.11. The quantitative estimate of drug-likeness (QED) is 0.746. The van der Waals surface area contributed by atoms with Crippen LogP contribution in [0.1, 0.15) is 25.3 Å². The van der Waals surface area contributed by atoms with Gasteiger partial charge in [0.1, 0.15) is 0 Å². The van der Waals surface area contributed by atoms with E-state index in [1.54, 1.807) is 13.1 Å². The molecule has 114 valence electrons. The maximum Gasteiger partial charge on any atom is 0.446 e. The Kier molecular flexibility index (Phi) is 6.48. The van der Waals surface area contributed by atoms with Crippen molar-refractivity contribution in [1.29, 1.82) is 0 Å².